The van der Waals surface area contributed by atoms with Gasteiger partial charge in [0.2, 0.25) is 0 Å². The lowest BCUT2D eigenvalue weighted by Crippen LogP contribution is -2.17. The first-order valence-electron chi connectivity index (χ1n) is 17.3. The number of nitrogens with two attached hydrogens (primary N) is 2. The van der Waals surface area contributed by atoms with Gasteiger partial charge in [-0.25, -0.2) is 9.97 Å². The van der Waals surface area contributed by atoms with E-state index in [0.29, 0.717) is 60.7 Å². The number of pyridine rings is 2. The molecule has 2 atom stereocenters. The molecule has 6 N–H and O–H groups in total. The maximum Gasteiger partial charge on any atom is 0.310 e. The van der Waals surface area contributed by atoms with Gasteiger partial charge in [-0.1, -0.05) is 103 Å². The highest BCUT2D eigenvalue weighted by molar-refractivity contribution is 6.34. The third-order valence-electron chi connectivity index (χ3n) is 8.19. The summed E-state index contributed by atoms with van der Waals surface area (Å²) in [4.78, 5) is 32.5. The second-order valence-corrected chi connectivity index (χ2v) is 13.2. The molecule has 6 rings (SSSR count). The molecule has 0 aliphatic heterocycles. The number of nitrogens with zero attached hydrogens (tertiary/aromatic N) is 2. The van der Waals surface area contributed by atoms with E-state index in [-0.39, 0.29) is 24.8 Å². The lowest BCUT2D eigenvalue weighted by Gasteiger charge is -2.24. The Balaban J connectivity index is 0.000000211. The molecule has 0 aliphatic carbocycles. The van der Waals surface area contributed by atoms with Crippen LogP contribution < -0.4 is 31.6 Å². The van der Waals surface area contributed by atoms with E-state index in [4.69, 9.17) is 55.7 Å². The molecule has 6 aromatic rings. The molecule has 0 spiro atoms. The summed E-state index contributed by atoms with van der Waals surface area (Å²) in [6, 6.07) is 33.5. The summed E-state index contributed by atoms with van der Waals surface area (Å²) in [7, 11) is 0. The van der Waals surface area contributed by atoms with E-state index < -0.39 is 12.1 Å². The Morgan fingerprint density at radius 2 is 1.04 bits per heavy atom. The van der Waals surface area contributed by atoms with Gasteiger partial charge < -0.3 is 31.6 Å². The molecular weight excluding hydrogens is 759 g/mol. The molecule has 0 fully saturated rings. The van der Waals surface area contributed by atoms with Crippen LogP contribution in [0.3, 0.4) is 0 Å². The maximum atomic E-state index is 11.9. The first kappa shape index (κ1) is 40.4. The summed E-state index contributed by atoms with van der Waals surface area (Å²) in [6.45, 7) is 3.49. The van der Waals surface area contributed by atoms with Gasteiger partial charge in [0.25, 0.3) is 0 Å². The van der Waals surface area contributed by atoms with E-state index in [2.05, 4.69) is 20.6 Å². The number of hydrogen-bond donors (Lipinski definition) is 4. The van der Waals surface area contributed by atoms with Gasteiger partial charge in [0, 0.05) is 41.4 Å². The number of carbonyl (C=O) groups excluding carboxylic acids is 2. The number of nitrogen functional groups attached to an aromatic ring is 2. The van der Waals surface area contributed by atoms with Crippen molar-refractivity contribution in [2.75, 3.05) is 22.1 Å². The summed E-state index contributed by atoms with van der Waals surface area (Å²) in [5, 5.41) is 8.06. The van der Waals surface area contributed by atoms with Crippen LogP contribution in [0.2, 0.25) is 15.1 Å². The number of benzene rings is 4. The number of hydrogen-bond acceptors (Lipinski definition) is 10. The summed E-state index contributed by atoms with van der Waals surface area (Å²) in [6.07, 6.45) is 3.91. The highest BCUT2D eigenvalue weighted by atomic mass is 35.5. The van der Waals surface area contributed by atoms with E-state index >= 15 is 0 Å². The predicted octanol–water partition coefficient (Wildman–Crippen LogP) is 10.3. The number of anilines is 4. The van der Waals surface area contributed by atoms with Gasteiger partial charge in [0.1, 0.15) is 23.1 Å². The highest BCUT2D eigenvalue weighted by Gasteiger charge is 2.25. The van der Waals surface area contributed by atoms with Crippen LogP contribution in [0.4, 0.5) is 23.0 Å². The predicted molar refractivity (Wildman–Crippen MR) is 221 cm³/mol. The molecule has 2 aromatic heterocycles. The van der Waals surface area contributed by atoms with E-state index in [1.807, 2.05) is 78.9 Å². The van der Waals surface area contributed by atoms with Crippen LogP contribution in [0, 0.1) is 0 Å². The Hall–Kier alpha value is -5.81. The number of nitrogens with one attached hydrogen (secondary N) is 2. The van der Waals surface area contributed by atoms with Crippen LogP contribution >= 0.6 is 34.8 Å². The molecule has 55 heavy (non-hydrogen) atoms. The van der Waals surface area contributed by atoms with Crippen LogP contribution in [-0.2, 0) is 9.59 Å². The van der Waals surface area contributed by atoms with Crippen molar-refractivity contribution in [3.8, 4) is 11.5 Å². The number of rotatable bonds is 12. The lowest BCUT2D eigenvalue weighted by molar-refractivity contribution is -0.135. The van der Waals surface area contributed by atoms with Gasteiger partial charge in [-0.2, -0.15) is 0 Å². The zero-order chi connectivity index (χ0) is 39.3. The first-order valence-corrected chi connectivity index (χ1v) is 18.5. The van der Waals surface area contributed by atoms with Gasteiger partial charge in [-0.05, 0) is 71.8 Å². The molecule has 0 bridgehead atoms. The van der Waals surface area contributed by atoms with Crippen molar-refractivity contribution >= 4 is 69.8 Å². The molecule has 0 aliphatic rings. The molecule has 282 valence electrons. The lowest BCUT2D eigenvalue weighted by atomic mass is 9.97. The molecular formula is C42H39Cl3N6O4. The molecule has 0 radical (unpaired) electrons. The van der Waals surface area contributed by atoms with E-state index in [9.17, 15) is 9.59 Å². The standard InChI is InChI=1S/C21H19Cl2N3O2.C21H20ClN3O2/c1-2-19(27)28-17-10-9-13(22)12-15(17)21(26-18-8-3-4-11-25-18)14-6-5-7-16(24)20(14)23;1-2-19(26)27-17-11-4-3-8-14(17)21(25-18-12-5-6-13-24-18)15-9-7-10-16(23)20(15)22/h3-12,21H,2,24H2,1H3,(H,25,26);3-13,21H,2,23H2,1H3,(H,24,25). The SMILES string of the molecule is CCC(=O)Oc1ccc(Cl)cc1C(Nc1ccccn1)c1cccc(N)c1Cl.CCC(=O)Oc1ccccc1C(Nc1ccccn1)c1cccc(N)c1Cl. The van der Waals surface area contributed by atoms with Crippen molar-refractivity contribution in [3.63, 3.8) is 0 Å². The first-order chi connectivity index (χ1) is 26.6. The molecule has 0 amide bonds. The minimum atomic E-state index is -0.496. The van der Waals surface area contributed by atoms with Crippen molar-refractivity contribution in [3.05, 3.63) is 165 Å². The van der Waals surface area contributed by atoms with Crippen LogP contribution in [0.1, 0.15) is 61.0 Å². The van der Waals surface area contributed by atoms with Crippen molar-refractivity contribution in [1.82, 2.24) is 9.97 Å². The average Bonchev–Trinajstić information content (AvgIpc) is 3.20. The van der Waals surface area contributed by atoms with E-state index in [0.717, 1.165) is 11.1 Å². The minimum absolute atomic E-state index is 0.249. The van der Waals surface area contributed by atoms with Crippen molar-refractivity contribution in [1.29, 1.82) is 0 Å². The largest absolute Gasteiger partial charge is 0.426 e. The van der Waals surface area contributed by atoms with Crippen molar-refractivity contribution < 1.29 is 19.1 Å². The normalized spacial score (nSPS) is 11.7. The van der Waals surface area contributed by atoms with Crippen LogP contribution in [0.5, 0.6) is 11.5 Å². The fourth-order valence-electron chi connectivity index (χ4n) is 5.46. The second kappa shape index (κ2) is 19.5. The fourth-order valence-corrected chi connectivity index (χ4v) is 6.11. The summed E-state index contributed by atoms with van der Waals surface area (Å²) in [5.74, 6) is 1.49. The number of carbonyl (C=O) groups is 2. The highest BCUT2D eigenvalue weighted by Crippen LogP contribution is 2.40. The van der Waals surface area contributed by atoms with Crippen molar-refractivity contribution in [2.24, 2.45) is 0 Å². The van der Waals surface area contributed by atoms with Crippen molar-refractivity contribution in [2.45, 2.75) is 38.8 Å². The van der Waals surface area contributed by atoms with Gasteiger partial charge in [0.05, 0.1) is 33.5 Å². The van der Waals surface area contributed by atoms with Crippen LogP contribution in [0.15, 0.2) is 128 Å². The Morgan fingerprint density at radius 3 is 1.53 bits per heavy atom. The molecule has 13 heteroatoms. The fraction of sp³-hybridized carbons (Fsp3) is 0.143. The summed E-state index contributed by atoms with van der Waals surface area (Å²) in [5.41, 5.74) is 15.8. The molecule has 10 nitrogen and oxygen atoms in total. The molecule has 0 saturated carbocycles. The third kappa shape index (κ3) is 10.7. The Bertz CT molecular complexity index is 2230. The number of para-hydroxylation sites is 1. The number of ether oxygens (including phenoxy) is 2. The number of esters is 2. The van der Waals surface area contributed by atoms with Gasteiger partial charge in [-0.15, -0.1) is 0 Å². The Labute approximate surface area is 334 Å². The number of halogens is 3. The van der Waals surface area contributed by atoms with Crippen LogP contribution in [-0.4, -0.2) is 21.9 Å². The number of aromatic nitrogens is 2. The summed E-state index contributed by atoms with van der Waals surface area (Å²) >= 11 is 19.3. The summed E-state index contributed by atoms with van der Waals surface area (Å²) < 4.78 is 11.1. The third-order valence-corrected chi connectivity index (χ3v) is 9.30. The topological polar surface area (TPSA) is 154 Å². The minimum Gasteiger partial charge on any atom is -0.426 e. The zero-order valence-corrected chi connectivity index (χ0v) is 32.3. The maximum absolute atomic E-state index is 11.9. The van der Waals surface area contributed by atoms with Gasteiger partial charge in [-0.3, -0.25) is 9.59 Å². The second-order valence-electron chi connectivity index (χ2n) is 12.0. The Morgan fingerprint density at radius 1 is 0.582 bits per heavy atom. The Kier molecular flexibility index (Phi) is 14.3. The smallest absolute Gasteiger partial charge is 0.310 e. The van der Waals surface area contributed by atoms with Crippen LogP contribution in [0.25, 0.3) is 0 Å². The average molecular weight is 798 g/mol. The van der Waals surface area contributed by atoms with E-state index in [1.54, 1.807) is 62.6 Å². The van der Waals surface area contributed by atoms with E-state index in [1.165, 1.54) is 0 Å². The van der Waals surface area contributed by atoms with Gasteiger partial charge >= 0.3 is 11.9 Å². The van der Waals surface area contributed by atoms with Gasteiger partial charge in [0.15, 0.2) is 0 Å². The molecule has 2 unspecified atom stereocenters. The monoisotopic (exact) mass is 796 g/mol. The molecule has 2 heterocycles. The quantitative estimate of drug-likeness (QED) is 0.0534. The molecule has 4 aromatic carbocycles. The zero-order valence-electron chi connectivity index (χ0n) is 30.0. The molecule has 0 saturated heterocycles.